The number of rotatable bonds is 5. The molecule has 0 bridgehead atoms. The summed E-state index contributed by atoms with van der Waals surface area (Å²) in [6.07, 6.45) is 3.30. The number of amides is 1. The van der Waals surface area contributed by atoms with Gasteiger partial charge in [0.2, 0.25) is 6.41 Å². The van der Waals surface area contributed by atoms with Gasteiger partial charge in [-0.15, -0.1) is 0 Å². The molecule has 1 amide bonds. The van der Waals surface area contributed by atoms with Crippen molar-refractivity contribution in [2.75, 3.05) is 26.2 Å². The molecular weight excluding hydrogens is 142 g/mol. The van der Waals surface area contributed by atoms with Gasteiger partial charge in [0.05, 0.1) is 0 Å². The van der Waals surface area contributed by atoms with Crippen LogP contribution in [-0.2, 0) is 4.79 Å². The smallest absolute Gasteiger partial charge is 0.221 e. The van der Waals surface area contributed by atoms with E-state index < -0.39 is 0 Å². The van der Waals surface area contributed by atoms with Crippen molar-refractivity contribution >= 4 is 6.41 Å². The van der Waals surface area contributed by atoms with Crippen LogP contribution in [0.25, 0.3) is 0 Å². The Bertz CT molecular complexity index is 112. The maximum Gasteiger partial charge on any atom is 0.221 e. The van der Waals surface area contributed by atoms with Crippen molar-refractivity contribution < 1.29 is 4.79 Å². The van der Waals surface area contributed by atoms with E-state index in [-0.39, 0.29) is 0 Å². The van der Waals surface area contributed by atoms with Gasteiger partial charge in [-0.25, -0.2) is 5.43 Å². The molecule has 0 aromatic heterocycles. The highest BCUT2D eigenvalue weighted by Crippen LogP contribution is 2.05. The lowest BCUT2D eigenvalue weighted by Gasteiger charge is -2.13. The van der Waals surface area contributed by atoms with Crippen LogP contribution in [0.2, 0.25) is 0 Å². The second-order valence-electron chi connectivity index (χ2n) is 2.74. The molecule has 0 aromatic carbocycles. The van der Waals surface area contributed by atoms with E-state index in [0.717, 1.165) is 13.1 Å². The topological polar surface area (TPSA) is 44.4 Å². The molecule has 64 valence electrons. The van der Waals surface area contributed by atoms with Crippen molar-refractivity contribution in [1.82, 2.24) is 15.8 Å². The van der Waals surface area contributed by atoms with Crippen molar-refractivity contribution in [3.05, 3.63) is 0 Å². The van der Waals surface area contributed by atoms with Gasteiger partial charge in [-0.05, 0) is 25.9 Å². The number of carbonyl (C=O) groups is 1. The molecule has 0 atom stereocenters. The molecule has 0 spiro atoms. The van der Waals surface area contributed by atoms with Crippen LogP contribution in [0.4, 0.5) is 0 Å². The summed E-state index contributed by atoms with van der Waals surface area (Å²) in [6, 6.07) is 0. The van der Waals surface area contributed by atoms with Crippen LogP contribution in [-0.4, -0.2) is 37.5 Å². The molecule has 4 nitrogen and oxygen atoms in total. The Labute approximate surface area is 66.9 Å². The van der Waals surface area contributed by atoms with Gasteiger partial charge < -0.3 is 4.90 Å². The summed E-state index contributed by atoms with van der Waals surface area (Å²) in [4.78, 5) is 12.2. The third-order valence-electron chi connectivity index (χ3n) is 1.91. The molecule has 11 heavy (non-hydrogen) atoms. The van der Waals surface area contributed by atoms with Gasteiger partial charge in [0.25, 0.3) is 0 Å². The highest BCUT2D eigenvalue weighted by atomic mass is 16.1. The molecule has 0 unspecified atom stereocenters. The fourth-order valence-corrected chi connectivity index (χ4v) is 1.33. The van der Waals surface area contributed by atoms with Crippen molar-refractivity contribution in [1.29, 1.82) is 0 Å². The lowest BCUT2D eigenvalue weighted by molar-refractivity contribution is -0.110. The Hall–Kier alpha value is -0.610. The number of nitrogens with one attached hydrogen (secondary N) is 2. The van der Waals surface area contributed by atoms with Gasteiger partial charge in [-0.1, -0.05) is 0 Å². The fourth-order valence-electron chi connectivity index (χ4n) is 1.33. The van der Waals surface area contributed by atoms with Crippen LogP contribution in [0.5, 0.6) is 0 Å². The van der Waals surface area contributed by atoms with Gasteiger partial charge in [0, 0.05) is 13.1 Å². The average molecular weight is 157 g/mol. The molecule has 4 heteroatoms. The molecule has 0 aromatic rings. The van der Waals surface area contributed by atoms with E-state index in [1.165, 1.54) is 25.9 Å². The fraction of sp³-hybridized carbons (Fsp3) is 0.857. The molecule has 0 radical (unpaired) electrons. The Kier molecular flexibility index (Phi) is 3.93. The molecule has 1 saturated heterocycles. The van der Waals surface area contributed by atoms with Crippen LogP contribution in [0, 0.1) is 0 Å². The minimum atomic E-state index is 0.657. The number of hydrazine groups is 1. The summed E-state index contributed by atoms with van der Waals surface area (Å²) >= 11 is 0. The highest BCUT2D eigenvalue weighted by molar-refractivity contribution is 5.44. The van der Waals surface area contributed by atoms with Gasteiger partial charge in [0.15, 0.2) is 0 Å². The minimum absolute atomic E-state index is 0.657. The summed E-state index contributed by atoms with van der Waals surface area (Å²) in [5.41, 5.74) is 5.22. The van der Waals surface area contributed by atoms with Crippen molar-refractivity contribution in [3.63, 3.8) is 0 Å². The van der Waals surface area contributed by atoms with Gasteiger partial charge in [-0.2, -0.15) is 0 Å². The largest absolute Gasteiger partial charge is 0.302 e. The summed E-state index contributed by atoms with van der Waals surface area (Å²) in [6.45, 7) is 4.28. The molecule has 1 fully saturated rings. The van der Waals surface area contributed by atoms with Crippen LogP contribution in [0.15, 0.2) is 0 Å². The number of carbonyl (C=O) groups excluding carboxylic acids is 1. The predicted octanol–water partition coefficient (Wildman–Crippen LogP) is -0.667. The number of hydrogen-bond acceptors (Lipinski definition) is 3. The van der Waals surface area contributed by atoms with Crippen molar-refractivity contribution in [2.24, 2.45) is 0 Å². The van der Waals surface area contributed by atoms with E-state index in [1.807, 2.05) is 0 Å². The van der Waals surface area contributed by atoms with Crippen LogP contribution < -0.4 is 10.9 Å². The summed E-state index contributed by atoms with van der Waals surface area (Å²) in [5, 5.41) is 0. The first kappa shape index (κ1) is 8.49. The molecule has 1 rings (SSSR count). The molecule has 0 aliphatic carbocycles. The Balaban J connectivity index is 1.89. The van der Waals surface area contributed by atoms with E-state index >= 15 is 0 Å². The molecule has 1 aliphatic heterocycles. The zero-order valence-electron chi connectivity index (χ0n) is 6.68. The third kappa shape index (κ3) is 3.34. The van der Waals surface area contributed by atoms with Gasteiger partial charge in [0.1, 0.15) is 0 Å². The van der Waals surface area contributed by atoms with Crippen LogP contribution in [0.3, 0.4) is 0 Å². The first-order valence-corrected chi connectivity index (χ1v) is 4.08. The van der Waals surface area contributed by atoms with E-state index in [0.29, 0.717) is 6.41 Å². The monoisotopic (exact) mass is 157 g/mol. The standard InChI is InChI=1S/C7H15N3O/c11-7-9-8-3-6-10-4-1-2-5-10/h7-8H,1-6H2,(H,9,11). The molecule has 1 heterocycles. The summed E-state index contributed by atoms with van der Waals surface area (Å²) < 4.78 is 0. The molecular formula is C7H15N3O. The zero-order chi connectivity index (χ0) is 7.94. The summed E-state index contributed by atoms with van der Waals surface area (Å²) in [5.74, 6) is 0. The SMILES string of the molecule is O=CNNCCN1CCCC1. The average Bonchev–Trinajstić information content (AvgIpc) is 2.50. The van der Waals surface area contributed by atoms with E-state index in [2.05, 4.69) is 15.8 Å². The third-order valence-corrected chi connectivity index (χ3v) is 1.91. The molecule has 0 saturated carbocycles. The highest BCUT2D eigenvalue weighted by Gasteiger charge is 2.09. The van der Waals surface area contributed by atoms with E-state index in [4.69, 9.17) is 0 Å². The summed E-state index contributed by atoms with van der Waals surface area (Å²) in [7, 11) is 0. The van der Waals surface area contributed by atoms with Gasteiger partial charge in [-0.3, -0.25) is 10.2 Å². The van der Waals surface area contributed by atoms with Crippen LogP contribution in [0.1, 0.15) is 12.8 Å². The molecule has 1 aliphatic rings. The zero-order valence-corrected chi connectivity index (χ0v) is 6.68. The minimum Gasteiger partial charge on any atom is -0.302 e. The first-order chi connectivity index (χ1) is 5.43. The normalized spacial score (nSPS) is 18.5. The number of nitrogens with zero attached hydrogens (tertiary/aromatic N) is 1. The second-order valence-corrected chi connectivity index (χ2v) is 2.74. The lowest BCUT2D eigenvalue weighted by Crippen LogP contribution is -2.37. The van der Waals surface area contributed by atoms with Crippen LogP contribution >= 0.6 is 0 Å². The number of likely N-dealkylation sites (tertiary alicyclic amines) is 1. The first-order valence-electron chi connectivity index (χ1n) is 4.08. The lowest BCUT2D eigenvalue weighted by atomic mass is 10.4. The quantitative estimate of drug-likeness (QED) is 0.316. The Morgan fingerprint density at radius 1 is 1.36 bits per heavy atom. The predicted molar refractivity (Wildman–Crippen MR) is 42.9 cm³/mol. The maximum atomic E-state index is 9.81. The second kappa shape index (κ2) is 5.09. The Morgan fingerprint density at radius 3 is 2.73 bits per heavy atom. The molecule has 2 N–H and O–H groups in total. The van der Waals surface area contributed by atoms with E-state index in [1.54, 1.807) is 0 Å². The van der Waals surface area contributed by atoms with E-state index in [9.17, 15) is 4.79 Å². The van der Waals surface area contributed by atoms with Crippen molar-refractivity contribution in [2.45, 2.75) is 12.8 Å². The maximum absolute atomic E-state index is 9.81. The van der Waals surface area contributed by atoms with Crippen molar-refractivity contribution in [3.8, 4) is 0 Å². The van der Waals surface area contributed by atoms with Gasteiger partial charge >= 0.3 is 0 Å². The number of hydrogen-bond donors (Lipinski definition) is 2. The Morgan fingerprint density at radius 2 is 2.09 bits per heavy atom.